The highest BCUT2D eigenvalue weighted by atomic mass is 16.5. The third-order valence-electron chi connectivity index (χ3n) is 3.98. The minimum Gasteiger partial charge on any atom is -0.423 e. The number of nitrogens with zero attached hydrogens (tertiary/aromatic N) is 1. The Bertz CT molecular complexity index is 951. The fourth-order valence-electron chi connectivity index (χ4n) is 2.39. The van der Waals surface area contributed by atoms with Crippen molar-refractivity contribution in [1.29, 1.82) is 0 Å². The van der Waals surface area contributed by atoms with E-state index in [1.807, 2.05) is 73.8 Å². The van der Waals surface area contributed by atoms with Gasteiger partial charge >= 0.3 is 5.97 Å². The number of hydrogen-bond donors (Lipinski definition) is 0. The molecule has 3 heteroatoms. The highest BCUT2D eigenvalue weighted by Gasteiger charge is 2.00. The summed E-state index contributed by atoms with van der Waals surface area (Å²) in [5.41, 5.74) is 5.19. The lowest BCUT2D eigenvalue weighted by Crippen LogP contribution is -2.03. The van der Waals surface area contributed by atoms with Gasteiger partial charge in [-0.15, -0.1) is 0 Å². The summed E-state index contributed by atoms with van der Waals surface area (Å²) in [7, 11) is 0. The van der Waals surface area contributed by atoms with E-state index < -0.39 is 5.97 Å². The molecule has 0 aliphatic rings. The largest absolute Gasteiger partial charge is 0.423 e. The Hall–Kier alpha value is -3.46. The minimum atomic E-state index is -0.411. The Labute approximate surface area is 159 Å². The molecule has 27 heavy (non-hydrogen) atoms. The maximum atomic E-state index is 11.9. The smallest absolute Gasteiger partial charge is 0.336 e. The first-order valence-corrected chi connectivity index (χ1v) is 8.76. The van der Waals surface area contributed by atoms with Crippen LogP contribution in [0, 0.1) is 13.8 Å². The highest BCUT2D eigenvalue weighted by molar-refractivity contribution is 5.88. The lowest BCUT2D eigenvalue weighted by molar-refractivity contribution is -0.128. The number of aliphatic imine (C=N–C) groups is 1. The van der Waals surface area contributed by atoms with E-state index in [4.69, 9.17) is 4.74 Å². The number of hydrogen-bond acceptors (Lipinski definition) is 3. The molecule has 0 aromatic heterocycles. The maximum Gasteiger partial charge on any atom is 0.336 e. The van der Waals surface area contributed by atoms with Crippen molar-refractivity contribution in [2.24, 2.45) is 4.99 Å². The van der Waals surface area contributed by atoms with Crippen LogP contribution in [0.3, 0.4) is 0 Å². The third kappa shape index (κ3) is 5.79. The lowest BCUT2D eigenvalue weighted by Gasteiger charge is -2.02. The second kappa shape index (κ2) is 8.77. The van der Waals surface area contributed by atoms with Crippen molar-refractivity contribution in [2.75, 3.05) is 0 Å². The molecular weight excluding hydrogens is 334 g/mol. The van der Waals surface area contributed by atoms with E-state index in [0.29, 0.717) is 5.75 Å². The van der Waals surface area contributed by atoms with Gasteiger partial charge in [0.1, 0.15) is 5.75 Å². The average molecular weight is 355 g/mol. The van der Waals surface area contributed by atoms with Crippen molar-refractivity contribution in [3.05, 3.63) is 101 Å². The molecule has 0 saturated carbocycles. The zero-order valence-corrected chi connectivity index (χ0v) is 15.4. The summed E-state index contributed by atoms with van der Waals surface area (Å²) in [5, 5.41) is 0. The van der Waals surface area contributed by atoms with Crippen LogP contribution >= 0.6 is 0 Å². The van der Waals surface area contributed by atoms with Crippen molar-refractivity contribution < 1.29 is 9.53 Å². The second-order valence-electron chi connectivity index (χ2n) is 6.33. The summed E-state index contributed by atoms with van der Waals surface area (Å²) in [6, 6.07) is 23.2. The van der Waals surface area contributed by atoms with Gasteiger partial charge in [0.15, 0.2) is 0 Å². The van der Waals surface area contributed by atoms with Crippen LogP contribution in [-0.4, -0.2) is 12.2 Å². The number of carbonyl (C=O) groups is 1. The molecule has 0 aliphatic carbocycles. The van der Waals surface area contributed by atoms with E-state index in [9.17, 15) is 4.79 Å². The Morgan fingerprint density at radius 1 is 0.778 bits per heavy atom. The van der Waals surface area contributed by atoms with Crippen molar-refractivity contribution in [1.82, 2.24) is 0 Å². The number of carbonyl (C=O) groups excluding carboxylic acids is 1. The van der Waals surface area contributed by atoms with Gasteiger partial charge < -0.3 is 4.74 Å². The van der Waals surface area contributed by atoms with Crippen LogP contribution < -0.4 is 4.74 Å². The van der Waals surface area contributed by atoms with Crippen LogP contribution in [0.25, 0.3) is 6.08 Å². The number of esters is 1. The van der Waals surface area contributed by atoms with Crippen molar-refractivity contribution in [3.63, 3.8) is 0 Å². The zero-order valence-electron chi connectivity index (χ0n) is 15.4. The standard InChI is InChI=1S/C24H21NO2/c1-18-3-7-20(8-4-18)11-16-24(26)27-23-14-12-22(13-15-23)25-17-21-9-5-19(2)6-10-21/h3-17H,1-2H3/b16-11+,25-17+. The number of ether oxygens (including phenoxy) is 1. The molecule has 0 unspecified atom stereocenters. The lowest BCUT2D eigenvalue weighted by atomic mass is 10.1. The molecule has 0 aliphatic heterocycles. The van der Waals surface area contributed by atoms with E-state index in [1.165, 1.54) is 17.2 Å². The molecule has 0 radical (unpaired) electrons. The first-order valence-electron chi connectivity index (χ1n) is 8.76. The Morgan fingerprint density at radius 2 is 1.33 bits per heavy atom. The summed E-state index contributed by atoms with van der Waals surface area (Å²) < 4.78 is 5.31. The van der Waals surface area contributed by atoms with E-state index in [-0.39, 0.29) is 0 Å². The normalized spacial score (nSPS) is 11.2. The van der Waals surface area contributed by atoms with Crippen LogP contribution in [0.1, 0.15) is 22.3 Å². The first-order chi connectivity index (χ1) is 13.1. The summed E-state index contributed by atoms with van der Waals surface area (Å²) in [6.45, 7) is 4.08. The summed E-state index contributed by atoms with van der Waals surface area (Å²) in [5.74, 6) is 0.0781. The molecule has 0 bridgehead atoms. The molecule has 0 fully saturated rings. The number of benzene rings is 3. The zero-order chi connectivity index (χ0) is 19.1. The van der Waals surface area contributed by atoms with Crippen LogP contribution in [0.2, 0.25) is 0 Å². The molecule has 0 atom stereocenters. The summed E-state index contributed by atoms with van der Waals surface area (Å²) in [4.78, 5) is 16.4. The molecule has 0 spiro atoms. The molecule has 0 N–H and O–H groups in total. The van der Waals surface area contributed by atoms with Gasteiger partial charge in [0.25, 0.3) is 0 Å². The molecule has 134 valence electrons. The fraction of sp³-hybridized carbons (Fsp3) is 0.0833. The maximum absolute atomic E-state index is 11.9. The van der Waals surface area contributed by atoms with E-state index in [1.54, 1.807) is 18.2 Å². The Balaban J connectivity index is 1.57. The average Bonchev–Trinajstić information content (AvgIpc) is 2.68. The molecule has 0 saturated heterocycles. The van der Waals surface area contributed by atoms with Gasteiger partial charge in [-0.05, 0) is 55.3 Å². The predicted octanol–water partition coefficient (Wildman–Crippen LogP) is 5.67. The van der Waals surface area contributed by atoms with Crippen molar-refractivity contribution >= 4 is 23.9 Å². The van der Waals surface area contributed by atoms with Gasteiger partial charge in [0.2, 0.25) is 0 Å². The third-order valence-corrected chi connectivity index (χ3v) is 3.98. The van der Waals surface area contributed by atoms with Crippen molar-refractivity contribution in [3.8, 4) is 5.75 Å². The fourth-order valence-corrected chi connectivity index (χ4v) is 2.39. The van der Waals surface area contributed by atoms with Crippen LogP contribution in [-0.2, 0) is 4.79 Å². The SMILES string of the molecule is Cc1ccc(/C=C/C(=O)Oc2ccc(/N=C/c3ccc(C)cc3)cc2)cc1. The molecular formula is C24H21NO2. The van der Waals surface area contributed by atoms with Gasteiger partial charge in [-0.25, -0.2) is 4.79 Å². The van der Waals surface area contributed by atoms with Gasteiger partial charge in [-0.3, -0.25) is 4.99 Å². The molecule has 0 heterocycles. The van der Waals surface area contributed by atoms with Crippen LogP contribution in [0.15, 0.2) is 83.9 Å². The van der Waals surface area contributed by atoms with E-state index >= 15 is 0 Å². The van der Waals surface area contributed by atoms with Crippen LogP contribution in [0.4, 0.5) is 5.69 Å². The molecule has 0 amide bonds. The van der Waals surface area contributed by atoms with Crippen LogP contribution in [0.5, 0.6) is 5.75 Å². The summed E-state index contributed by atoms with van der Waals surface area (Å²) >= 11 is 0. The van der Waals surface area contributed by atoms with Gasteiger partial charge in [-0.1, -0.05) is 59.7 Å². The Morgan fingerprint density at radius 3 is 1.93 bits per heavy atom. The Kier molecular flexibility index (Phi) is 5.95. The van der Waals surface area contributed by atoms with Crippen molar-refractivity contribution in [2.45, 2.75) is 13.8 Å². The van der Waals surface area contributed by atoms with E-state index in [2.05, 4.69) is 11.9 Å². The topological polar surface area (TPSA) is 38.7 Å². The molecule has 3 aromatic rings. The molecule has 3 nitrogen and oxygen atoms in total. The second-order valence-corrected chi connectivity index (χ2v) is 6.33. The van der Waals surface area contributed by atoms with E-state index in [0.717, 1.165) is 16.8 Å². The highest BCUT2D eigenvalue weighted by Crippen LogP contribution is 2.18. The van der Waals surface area contributed by atoms with Gasteiger partial charge in [0, 0.05) is 12.3 Å². The molecule has 3 rings (SSSR count). The first kappa shape index (κ1) is 18.3. The predicted molar refractivity (Wildman–Crippen MR) is 111 cm³/mol. The quantitative estimate of drug-likeness (QED) is 0.256. The monoisotopic (exact) mass is 355 g/mol. The number of aryl methyl sites for hydroxylation is 2. The molecule has 3 aromatic carbocycles. The number of rotatable bonds is 5. The van der Waals surface area contributed by atoms with Gasteiger partial charge in [-0.2, -0.15) is 0 Å². The van der Waals surface area contributed by atoms with Gasteiger partial charge in [0.05, 0.1) is 5.69 Å². The summed E-state index contributed by atoms with van der Waals surface area (Å²) in [6.07, 6.45) is 4.97. The minimum absolute atomic E-state index is 0.411.